The van der Waals surface area contributed by atoms with Gasteiger partial charge in [0.2, 0.25) is 0 Å². The molecule has 3 rings (SSSR count). The van der Waals surface area contributed by atoms with E-state index in [1.54, 1.807) is 0 Å². The van der Waals surface area contributed by atoms with Crippen molar-refractivity contribution >= 4 is 5.69 Å². The van der Waals surface area contributed by atoms with E-state index >= 15 is 0 Å². The zero-order valence-corrected chi connectivity index (χ0v) is 8.94. The van der Waals surface area contributed by atoms with Gasteiger partial charge < -0.3 is 15.5 Å². The SMILES string of the molecule is Nc1ccc2c(c1)CCC(c1ccc[nH]1)O2. The highest BCUT2D eigenvalue weighted by Crippen LogP contribution is 2.35. The Hall–Kier alpha value is -1.90. The summed E-state index contributed by atoms with van der Waals surface area (Å²) in [6, 6.07) is 9.90. The number of aryl methyl sites for hydroxylation is 1. The van der Waals surface area contributed by atoms with Gasteiger partial charge in [-0.05, 0) is 48.7 Å². The summed E-state index contributed by atoms with van der Waals surface area (Å²) in [5.74, 6) is 0.958. The number of aromatic amines is 1. The average Bonchev–Trinajstić information content (AvgIpc) is 2.82. The van der Waals surface area contributed by atoms with E-state index < -0.39 is 0 Å². The standard InChI is InChI=1S/C13H14N2O/c14-10-4-6-12-9(8-10)3-5-13(16-12)11-2-1-7-15-11/h1-2,4,6-8,13,15H,3,5,14H2. The summed E-state index contributed by atoms with van der Waals surface area (Å²) in [5.41, 5.74) is 8.91. The highest BCUT2D eigenvalue weighted by atomic mass is 16.5. The van der Waals surface area contributed by atoms with Crippen molar-refractivity contribution in [1.29, 1.82) is 0 Å². The van der Waals surface area contributed by atoms with Crippen LogP contribution in [0.3, 0.4) is 0 Å². The number of nitrogen functional groups attached to an aromatic ring is 1. The third-order valence-electron chi connectivity index (χ3n) is 3.00. The van der Waals surface area contributed by atoms with Gasteiger partial charge in [-0.1, -0.05) is 0 Å². The number of benzene rings is 1. The summed E-state index contributed by atoms with van der Waals surface area (Å²) in [5, 5.41) is 0. The molecule has 0 amide bonds. The predicted octanol–water partition coefficient (Wildman–Crippen LogP) is 2.66. The van der Waals surface area contributed by atoms with Crippen LogP contribution in [-0.2, 0) is 6.42 Å². The summed E-state index contributed by atoms with van der Waals surface area (Å²) in [7, 11) is 0. The molecule has 3 N–H and O–H groups in total. The molecular weight excluding hydrogens is 200 g/mol. The van der Waals surface area contributed by atoms with E-state index in [9.17, 15) is 0 Å². The average molecular weight is 214 g/mol. The summed E-state index contributed by atoms with van der Waals surface area (Å²) < 4.78 is 5.94. The van der Waals surface area contributed by atoms with Gasteiger partial charge in [0.15, 0.2) is 0 Å². The van der Waals surface area contributed by atoms with Crippen LogP contribution in [-0.4, -0.2) is 4.98 Å². The lowest BCUT2D eigenvalue weighted by molar-refractivity contribution is 0.173. The molecule has 1 aliphatic heterocycles. The molecule has 3 heteroatoms. The lowest BCUT2D eigenvalue weighted by Crippen LogP contribution is -2.15. The third kappa shape index (κ3) is 1.54. The maximum Gasteiger partial charge on any atom is 0.139 e. The molecule has 16 heavy (non-hydrogen) atoms. The lowest BCUT2D eigenvalue weighted by atomic mass is 10.00. The van der Waals surface area contributed by atoms with Crippen LogP contribution in [0.25, 0.3) is 0 Å². The highest BCUT2D eigenvalue weighted by Gasteiger charge is 2.21. The van der Waals surface area contributed by atoms with E-state index in [2.05, 4.69) is 11.1 Å². The fourth-order valence-corrected chi connectivity index (χ4v) is 2.17. The van der Waals surface area contributed by atoms with Crippen LogP contribution in [0.1, 0.15) is 23.8 Å². The molecule has 0 fully saturated rings. The van der Waals surface area contributed by atoms with Crippen molar-refractivity contribution in [3.8, 4) is 5.75 Å². The van der Waals surface area contributed by atoms with Crippen molar-refractivity contribution < 1.29 is 4.74 Å². The van der Waals surface area contributed by atoms with Crippen LogP contribution < -0.4 is 10.5 Å². The molecule has 0 radical (unpaired) electrons. The zero-order valence-electron chi connectivity index (χ0n) is 8.94. The molecule has 1 aromatic heterocycles. The molecular formula is C13H14N2O. The van der Waals surface area contributed by atoms with Gasteiger partial charge in [0.25, 0.3) is 0 Å². The van der Waals surface area contributed by atoms with Crippen molar-refractivity contribution in [3.63, 3.8) is 0 Å². The number of ether oxygens (including phenoxy) is 1. The van der Waals surface area contributed by atoms with Gasteiger partial charge in [-0.15, -0.1) is 0 Å². The lowest BCUT2D eigenvalue weighted by Gasteiger charge is -2.25. The molecule has 1 atom stereocenters. The second-order valence-corrected chi connectivity index (χ2v) is 4.14. The molecule has 0 bridgehead atoms. The molecule has 0 saturated carbocycles. The van der Waals surface area contributed by atoms with Gasteiger partial charge in [0.1, 0.15) is 11.9 Å². The van der Waals surface area contributed by atoms with Crippen molar-refractivity contribution in [2.45, 2.75) is 18.9 Å². The molecule has 1 aliphatic rings. The number of hydrogen-bond donors (Lipinski definition) is 2. The van der Waals surface area contributed by atoms with Crippen LogP contribution in [0.15, 0.2) is 36.5 Å². The number of rotatable bonds is 1. The highest BCUT2D eigenvalue weighted by molar-refractivity contribution is 5.48. The van der Waals surface area contributed by atoms with Gasteiger partial charge in [0.05, 0.1) is 5.69 Å². The molecule has 2 aromatic rings. The molecule has 1 unspecified atom stereocenters. The number of anilines is 1. The van der Waals surface area contributed by atoms with Gasteiger partial charge in [-0.25, -0.2) is 0 Å². The minimum Gasteiger partial charge on any atom is -0.484 e. The van der Waals surface area contributed by atoms with Crippen LogP contribution in [0, 0.1) is 0 Å². The first kappa shape index (κ1) is 9.33. The second-order valence-electron chi connectivity index (χ2n) is 4.14. The third-order valence-corrected chi connectivity index (χ3v) is 3.00. The van der Waals surface area contributed by atoms with Gasteiger partial charge >= 0.3 is 0 Å². The Bertz CT molecular complexity index is 491. The quantitative estimate of drug-likeness (QED) is 0.717. The number of nitrogens with one attached hydrogen (secondary N) is 1. The first-order chi connectivity index (χ1) is 7.83. The topological polar surface area (TPSA) is 51.0 Å². The van der Waals surface area contributed by atoms with Crippen LogP contribution in [0.5, 0.6) is 5.75 Å². The Labute approximate surface area is 94.2 Å². The number of aromatic nitrogens is 1. The molecule has 0 spiro atoms. The first-order valence-corrected chi connectivity index (χ1v) is 5.51. The Kier molecular flexibility index (Phi) is 2.10. The van der Waals surface area contributed by atoms with Crippen LogP contribution >= 0.6 is 0 Å². The van der Waals surface area contributed by atoms with Crippen LogP contribution in [0.4, 0.5) is 5.69 Å². The molecule has 82 valence electrons. The largest absolute Gasteiger partial charge is 0.484 e. The minimum atomic E-state index is 0.145. The first-order valence-electron chi connectivity index (χ1n) is 5.51. The Morgan fingerprint density at radius 1 is 1.31 bits per heavy atom. The summed E-state index contributed by atoms with van der Waals surface area (Å²) in [6.07, 6.45) is 4.09. The molecule has 1 aromatic carbocycles. The van der Waals surface area contributed by atoms with E-state index in [-0.39, 0.29) is 6.10 Å². The van der Waals surface area contributed by atoms with Crippen LogP contribution in [0.2, 0.25) is 0 Å². The number of nitrogens with two attached hydrogens (primary N) is 1. The maximum atomic E-state index is 5.94. The Morgan fingerprint density at radius 3 is 3.06 bits per heavy atom. The molecule has 3 nitrogen and oxygen atoms in total. The van der Waals surface area contributed by atoms with Gasteiger partial charge in [-0.2, -0.15) is 0 Å². The Morgan fingerprint density at radius 2 is 2.25 bits per heavy atom. The van der Waals surface area contributed by atoms with E-state index in [4.69, 9.17) is 10.5 Å². The minimum absolute atomic E-state index is 0.145. The van der Waals surface area contributed by atoms with E-state index in [0.29, 0.717) is 0 Å². The molecule has 0 saturated heterocycles. The monoisotopic (exact) mass is 214 g/mol. The Balaban J connectivity index is 1.89. The summed E-state index contributed by atoms with van der Waals surface area (Å²) in [4.78, 5) is 3.20. The second kappa shape index (κ2) is 3.59. The summed E-state index contributed by atoms with van der Waals surface area (Å²) >= 11 is 0. The molecule has 0 aliphatic carbocycles. The predicted molar refractivity (Wildman–Crippen MR) is 63.3 cm³/mol. The van der Waals surface area contributed by atoms with E-state index in [1.807, 2.05) is 30.5 Å². The molecule has 2 heterocycles. The van der Waals surface area contributed by atoms with Crippen molar-refractivity contribution in [2.75, 3.05) is 5.73 Å². The number of hydrogen-bond acceptors (Lipinski definition) is 2. The van der Waals surface area contributed by atoms with Gasteiger partial charge in [-0.3, -0.25) is 0 Å². The zero-order chi connectivity index (χ0) is 11.0. The maximum absolute atomic E-state index is 5.94. The van der Waals surface area contributed by atoms with E-state index in [1.165, 1.54) is 5.56 Å². The number of fused-ring (bicyclic) bond motifs is 1. The van der Waals surface area contributed by atoms with E-state index in [0.717, 1.165) is 30.0 Å². The van der Waals surface area contributed by atoms with Crippen molar-refractivity contribution in [3.05, 3.63) is 47.8 Å². The number of H-pyrrole nitrogens is 1. The summed E-state index contributed by atoms with van der Waals surface area (Å²) in [6.45, 7) is 0. The fraction of sp³-hybridized carbons (Fsp3) is 0.231. The fourth-order valence-electron chi connectivity index (χ4n) is 2.17. The van der Waals surface area contributed by atoms with Gasteiger partial charge in [0, 0.05) is 11.9 Å². The van der Waals surface area contributed by atoms with Crippen molar-refractivity contribution in [1.82, 2.24) is 4.98 Å². The smallest absolute Gasteiger partial charge is 0.139 e. The normalized spacial score (nSPS) is 18.9. The van der Waals surface area contributed by atoms with Crippen molar-refractivity contribution in [2.24, 2.45) is 0 Å².